The number of aromatic nitrogens is 2. The predicted molar refractivity (Wildman–Crippen MR) is 79.0 cm³/mol. The highest BCUT2D eigenvalue weighted by atomic mass is 19.1. The van der Waals surface area contributed by atoms with Gasteiger partial charge in [0.05, 0.1) is 11.7 Å². The third-order valence-electron chi connectivity index (χ3n) is 3.41. The van der Waals surface area contributed by atoms with E-state index in [2.05, 4.69) is 11.7 Å². The summed E-state index contributed by atoms with van der Waals surface area (Å²) in [6.45, 7) is 3.52. The van der Waals surface area contributed by atoms with Gasteiger partial charge in [0, 0.05) is 20.3 Å². The average Bonchev–Trinajstić information content (AvgIpc) is 2.91. The van der Waals surface area contributed by atoms with Crippen molar-refractivity contribution in [1.82, 2.24) is 14.7 Å². The van der Waals surface area contributed by atoms with Gasteiger partial charge in [0.15, 0.2) is 0 Å². The topological polar surface area (TPSA) is 38.1 Å². The number of carbonyl (C=O) groups excluding carboxylic acids is 1. The van der Waals surface area contributed by atoms with E-state index in [1.165, 1.54) is 18.2 Å². The van der Waals surface area contributed by atoms with Crippen molar-refractivity contribution in [2.75, 3.05) is 7.05 Å². The first kappa shape index (κ1) is 15.0. The number of hydrogen-bond donors (Lipinski definition) is 0. The van der Waals surface area contributed by atoms with Crippen LogP contribution in [-0.2, 0) is 18.3 Å². The van der Waals surface area contributed by atoms with Gasteiger partial charge in [-0.3, -0.25) is 9.48 Å². The minimum absolute atomic E-state index is 0.173. The van der Waals surface area contributed by atoms with Crippen molar-refractivity contribution < 1.29 is 9.18 Å². The highest BCUT2D eigenvalue weighted by molar-refractivity contribution is 5.87. The maximum absolute atomic E-state index is 13.0. The molecule has 0 bridgehead atoms. The van der Waals surface area contributed by atoms with E-state index in [1.807, 2.05) is 19.3 Å². The van der Waals surface area contributed by atoms with Gasteiger partial charge in [-0.15, -0.1) is 0 Å². The third kappa shape index (κ3) is 3.56. The van der Waals surface area contributed by atoms with Gasteiger partial charge in [-0.1, -0.05) is 18.7 Å². The lowest BCUT2D eigenvalue weighted by Crippen LogP contribution is -2.31. The lowest BCUT2D eigenvalue weighted by atomic mass is 10.0. The van der Waals surface area contributed by atoms with Crippen LogP contribution in [0, 0.1) is 5.82 Å². The van der Waals surface area contributed by atoms with Crippen molar-refractivity contribution in [2.24, 2.45) is 7.05 Å². The van der Waals surface area contributed by atoms with Gasteiger partial charge >= 0.3 is 0 Å². The van der Waals surface area contributed by atoms with E-state index >= 15 is 0 Å². The Morgan fingerprint density at radius 3 is 2.62 bits per heavy atom. The third-order valence-corrected chi connectivity index (χ3v) is 3.41. The van der Waals surface area contributed by atoms with E-state index in [1.54, 1.807) is 28.8 Å². The number of rotatable bonds is 5. The van der Waals surface area contributed by atoms with Crippen LogP contribution in [0.1, 0.15) is 17.3 Å². The summed E-state index contributed by atoms with van der Waals surface area (Å²) in [6, 6.07) is 7.93. The molecule has 110 valence electrons. The molecular formula is C16H18FN3O. The van der Waals surface area contributed by atoms with Crippen LogP contribution in [0.2, 0.25) is 0 Å². The largest absolute Gasteiger partial charge is 0.333 e. The molecule has 0 aliphatic heterocycles. The number of aryl methyl sites for hydroxylation is 1. The summed E-state index contributed by atoms with van der Waals surface area (Å²) in [7, 11) is 3.54. The molecular weight excluding hydrogens is 269 g/mol. The molecule has 2 rings (SSSR count). The molecule has 0 saturated carbocycles. The molecule has 0 fully saturated rings. The Morgan fingerprint density at radius 1 is 1.43 bits per heavy atom. The Balaban J connectivity index is 2.29. The zero-order valence-electron chi connectivity index (χ0n) is 12.2. The summed E-state index contributed by atoms with van der Waals surface area (Å²) < 4.78 is 14.7. The van der Waals surface area contributed by atoms with Gasteiger partial charge < -0.3 is 4.90 Å². The van der Waals surface area contributed by atoms with Gasteiger partial charge in [-0.05, 0) is 36.3 Å². The molecule has 0 aliphatic rings. The second kappa shape index (κ2) is 6.35. The van der Waals surface area contributed by atoms with Crippen LogP contribution in [0.3, 0.4) is 0 Å². The smallest absolute Gasteiger partial charge is 0.246 e. The summed E-state index contributed by atoms with van der Waals surface area (Å²) in [6.07, 6.45) is 3.67. The molecule has 1 heterocycles. The van der Waals surface area contributed by atoms with E-state index in [-0.39, 0.29) is 17.8 Å². The zero-order valence-corrected chi connectivity index (χ0v) is 12.2. The molecule has 2 aromatic rings. The van der Waals surface area contributed by atoms with Crippen LogP contribution in [-0.4, -0.2) is 27.6 Å². The molecule has 1 atom stereocenters. The molecule has 5 heteroatoms. The number of amides is 1. The van der Waals surface area contributed by atoms with Crippen LogP contribution in [0.4, 0.5) is 4.39 Å². The number of likely N-dealkylation sites (N-methyl/N-ethyl adjacent to an activating group) is 1. The minimum atomic E-state index is -0.274. The van der Waals surface area contributed by atoms with E-state index in [4.69, 9.17) is 0 Å². The molecule has 0 saturated heterocycles. The summed E-state index contributed by atoms with van der Waals surface area (Å²) >= 11 is 0. The Hall–Kier alpha value is -2.43. The fraction of sp³-hybridized carbons (Fsp3) is 0.250. The summed E-state index contributed by atoms with van der Waals surface area (Å²) in [5, 5.41) is 4.38. The number of carbonyl (C=O) groups is 1. The molecule has 0 N–H and O–H groups in total. The normalized spacial score (nSPS) is 12.0. The van der Waals surface area contributed by atoms with Crippen LogP contribution in [0.25, 0.3) is 0 Å². The van der Waals surface area contributed by atoms with Gasteiger partial charge in [0.2, 0.25) is 5.91 Å². The molecule has 1 unspecified atom stereocenters. The van der Waals surface area contributed by atoms with Crippen LogP contribution in [0.15, 0.2) is 49.2 Å². The fourth-order valence-corrected chi connectivity index (χ4v) is 2.19. The van der Waals surface area contributed by atoms with Gasteiger partial charge in [-0.25, -0.2) is 4.39 Å². The van der Waals surface area contributed by atoms with E-state index in [9.17, 15) is 9.18 Å². The zero-order chi connectivity index (χ0) is 15.4. The number of nitrogens with zero attached hydrogens (tertiary/aromatic N) is 3. The molecule has 0 spiro atoms. The average molecular weight is 287 g/mol. The SMILES string of the molecule is C=CC(=O)N(C)C(Cc1ccc(F)cc1)c1ccn(C)n1. The lowest BCUT2D eigenvalue weighted by Gasteiger charge is -2.26. The Bertz CT molecular complexity index is 633. The summed E-state index contributed by atoms with van der Waals surface area (Å²) in [4.78, 5) is 13.5. The molecule has 0 aliphatic carbocycles. The summed E-state index contributed by atoms with van der Waals surface area (Å²) in [5.41, 5.74) is 1.73. The maximum Gasteiger partial charge on any atom is 0.246 e. The highest BCUT2D eigenvalue weighted by Gasteiger charge is 2.22. The first-order chi connectivity index (χ1) is 10.0. The molecule has 1 aromatic carbocycles. The van der Waals surface area contributed by atoms with Gasteiger partial charge in [-0.2, -0.15) is 5.10 Å². The van der Waals surface area contributed by atoms with Crippen molar-refractivity contribution >= 4 is 5.91 Å². The molecule has 1 amide bonds. The predicted octanol–water partition coefficient (Wildman–Crippen LogP) is 2.49. The Labute approximate surface area is 123 Å². The summed E-state index contributed by atoms with van der Waals surface area (Å²) in [5.74, 6) is -0.448. The lowest BCUT2D eigenvalue weighted by molar-refractivity contribution is -0.127. The molecule has 4 nitrogen and oxygen atoms in total. The standard InChI is InChI=1S/C16H18FN3O/c1-4-16(21)20(3)15(14-9-10-19(2)18-14)11-12-5-7-13(17)8-6-12/h4-10,15H,1,11H2,2-3H3. The first-order valence-electron chi connectivity index (χ1n) is 6.64. The van der Waals surface area contributed by atoms with E-state index < -0.39 is 0 Å². The van der Waals surface area contributed by atoms with E-state index in [0.717, 1.165) is 11.3 Å². The maximum atomic E-state index is 13.0. The minimum Gasteiger partial charge on any atom is -0.333 e. The van der Waals surface area contributed by atoms with Crippen LogP contribution < -0.4 is 0 Å². The first-order valence-corrected chi connectivity index (χ1v) is 6.64. The van der Waals surface area contributed by atoms with Crippen molar-refractivity contribution in [3.05, 3.63) is 66.3 Å². The van der Waals surface area contributed by atoms with E-state index in [0.29, 0.717) is 6.42 Å². The molecule has 1 aromatic heterocycles. The number of benzene rings is 1. The van der Waals surface area contributed by atoms with Gasteiger partial charge in [0.25, 0.3) is 0 Å². The molecule has 0 radical (unpaired) electrons. The van der Waals surface area contributed by atoms with Crippen molar-refractivity contribution in [2.45, 2.75) is 12.5 Å². The second-order valence-corrected chi connectivity index (χ2v) is 4.91. The van der Waals surface area contributed by atoms with Crippen LogP contribution >= 0.6 is 0 Å². The number of hydrogen-bond acceptors (Lipinski definition) is 2. The van der Waals surface area contributed by atoms with Crippen molar-refractivity contribution in [3.8, 4) is 0 Å². The quantitative estimate of drug-likeness (QED) is 0.792. The number of halogens is 1. The van der Waals surface area contributed by atoms with Crippen molar-refractivity contribution in [1.29, 1.82) is 0 Å². The monoisotopic (exact) mass is 287 g/mol. The van der Waals surface area contributed by atoms with Crippen LogP contribution in [0.5, 0.6) is 0 Å². The fourth-order valence-electron chi connectivity index (χ4n) is 2.19. The highest BCUT2D eigenvalue weighted by Crippen LogP contribution is 2.23. The molecule has 21 heavy (non-hydrogen) atoms. The van der Waals surface area contributed by atoms with Gasteiger partial charge in [0.1, 0.15) is 5.82 Å². The Morgan fingerprint density at radius 2 is 2.10 bits per heavy atom. The second-order valence-electron chi connectivity index (χ2n) is 4.91. The van der Waals surface area contributed by atoms with Crippen molar-refractivity contribution in [3.63, 3.8) is 0 Å². The Kier molecular flexibility index (Phi) is 4.52.